The molecule has 0 amide bonds. The lowest BCUT2D eigenvalue weighted by atomic mass is 9.99. The second kappa shape index (κ2) is 5.94. The van der Waals surface area contributed by atoms with E-state index in [2.05, 4.69) is 41.0 Å². The minimum absolute atomic E-state index is 0.399. The largest absolute Gasteiger partial charge is 0.310 e. The number of hydrogen-bond acceptors (Lipinski definition) is 3. The van der Waals surface area contributed by atoms with Gasteiger partial charge >= 0.3 is 0 Å². The molecule has 3 heteroatoms. The third-order valence-corrected chi connectivity index (χ3v) is 3.76. The number of aromatic nitrogens is 1. The maximum atomic E-state index is 4.18. The van der Waals surface area contributed by atoms with Gasteiger partial charge in [0.15, 0.2) is 0 Å². The normalized spacial score (nSPS) is 12.6. The van der Waals surface area contributed by atoms with Crippen LogP contribution in [0.2, 0.25) is 0 Å². The molecule has 1 unspecified atom stereocenters. The van der Waals surface area contributed by atoms with Crippen molar-refractivity contribution in [3.63, 3.8) is 0 Å². The summed E-state index contributed by atoms with van der Waals surface area (Å²) in [4.78, 5) is 4.18. The summed E-state index contributed by atoms with van der Waals surface area (Å²) in [5, 5.41) is 8.01. The van der Waals surface area contributed by atoms with Gasteiger partial charge in [0.1, 0.15) is 0 Å². The van der Waals surface area contributed by atoms with Crippen molar-refractivity contribution >= 4 is 11.3 Å². The minimum atomic E-state index is 0.399. The Balaban J connectivity index is 2.16. The van der Waals surface area contributed by atoms with Gasteiger partial charge in [0.2, 0.25) is 0 Å². The Labute approximate surface area is 107 Å². The number of nitrogens with one attached hydrogen (secondary N) is 1. The second-order valence-corrected chi connectivity index (χ2v) is 4.93. The van der Waals surface area contributed by atoms with Crippen LogP contribution in [0.3, 0.4) is 0 Å². The first-order valence-corrected chi connectivity index (χ1v) is 6.90. The molecule has 0 saturated carbocycles. The van der Waals surface area contributed by atoms with E-state index in [1.165, 1.54) is 16.7 Å². The highest BCUT2D eigenvalue weighted by Crippen LogP contribution is 2.24. The molecule has 0 spiro atoms. The van der Waals surface area contributed by atoms with Crippen molar-refractivity contribution in [1.29, 1.82) is 0 Å². The van der Waals surface area contributed by atoms with Crippen LogP contribution < -0.4 is 5.32 Å². The van der Waals surface area contributed by atoms with Crippen LogP contribution in [-0.4, -0.2) is 11.5 Å². The zero-order valence-electron chi connectivity index (χ0n) is 10.3. The Hall–Kier alpha value is -1.19. The lowest BCUT2D eigenvalue weighted by Crippen LogP contribution is -2.23. The summed E-state index contributed by atoms with van der Waals surface area (Å²) < 4.78 is 0. The molecular weight excluding hydrogens is 228 g/mol. The third kappa shape index (κ3) is 3.14. The molecule has 2 rings (SSSR count). The van der Waals surface area contributed by atoms with Crippen LogP contribution in [0.25, 0.3) is 0 Å². The second-order valence-electron chi connectivity index (χ2n) is 4.19. The Morgan fingerprint density at radius 2 is 2.29 bits per heavy atom. The van der Waals surface area contributed by atoms with Crippen molar-refractivity contribution in [2.24, 2.45) is 0 Å². The fourth-order valence-corrected chi connectivity index (χ4v) is 2.93. The van der Waals surface area contributed by atoms with Crippen LogP contribution in [0.15, 0.2) is 35.3 Å². The van der Waals surface area contributed by atoms with Crippen molar-refractivity contribution in [1.82, 2.24) is 10.3 Å². The van der Waals surface area contributed by atoms with Crippen LogP contribution in [0, 0.1) is 6.92 Å². The maximum absolute atomic E-state index is 4.18. The number of rotatable bonds is 5. The van der Waals surface area contributed by atoms with Crippen LogP contribution in [0.1, 0.15) is 29.7 Å². The summed E-state index contributed by atoms with van der Waals surface area (Å²) in [5.74, 6) is 0. The quantitative estimate of drug-likeness (QED) is 0.875. The molecule has 0 fully saturated rings. The fourth-order valence-electron chi connectivity index (χ4n) is 2.02. The van der Waals surface area contributed by atoms with Crippen molar-refractivity contribution in [3.8, 4) is 0 Å². The summed E-state index contributed by atoms with van der Waals surface area (Å²) >= 11 is 1.78. The van der Waals surface area contributed by atoms with Crippen LogP contribution >= 0.6 is 11.3 Å². The number of likely N-dealkylation sites (N-methyl/N-ethyl adjacent to an activating group) is 1. The molecule has 1 N–H and O–H groups in total. The van der Waals surface area contributed by atoms with E-state index in [4.69, 9.17) is 0 Å². The molecule has 0 saturated heterocycles. The predicted molar refractivity (Wildman–Crippen MR) is 73.4 cm³/mol. The molecule has 0 aromatic carbocycles. The van der Waals surface area contributed by atoms with Gasteiger partial charge in [-0.15, -0.1) is 0 Å². The highest BCUT2D eigenvalue weighted by Gasteiger charge is 2.14. The van der Waals surface area contributed by atoms with Gasteiger partial charge in [0.05, 0.1) is 0 Å². The third-order valence-electron chi connectivity index (χ3n) is 2.88. The lowest BCUT2D eigenvalue weighted by molar-refractivity contribution is 0.548. The van der Waals surface area contributed by atoms with E-state index in [-0.39, 0.29) is 0 Å². The van der Waals surface area contributed by atoms with Gasteiger partial charge in [0, 0.05) is 18.4 Å². The monoisotopic (exact) mass is 246 g/mol. The standard InChI is InChI=1S/C14H18N2S/c1-3-16-14(13-10-17-9-11(13)2)7-12-5-4-6-15-8-12/h4-6,8-10,14,16H,3,7H2,1-2H3. The van der Waals surface area contributed by atoms with E-state index >= 15 is 0 Å². The van der Waals surface area contributed by atoms with E-state index in [9.17, 15) is 0 Å². The lowest BCUT2D eigenvalue weighted by Gasteiger charge is -2.18. The predicted octanol–water partition coefficient (Wildman–Crippen LogP) is 3.34. The van der Waals surface area contributed by atoms with Gasteiger partial charge in [0.25, 0.3) is 0 Å². The topological polar surface area (TPSA) is 24.9 Å². The summed E-state index contributed by atoms with van der Waals surface area (Å²) in [7, 11) is 0. The molecule has 0 aliphatic rings. The molecule has 0 bridgehead atoms. The summed E-state index contributed by atoms with van der Waals surface area (Å²) in [5.41, 5.74) is 4.08. The van der Waals surface area contributed by atoms with Gasteiger partial charge in [-0.1, -0.05) is 13.0 Å². The molecule has 0 radical (unpaired) electrons. The number of hydrogen-bond donors (Lipinski definition) is 1. The van der Waals surface area contributed by atoms with Crippen molar-refractivity contribution in [3.05, 3.63) is 52.0 Å². The Morgan fingerprint density at radius 1 is 1.41 bits per heavy atom. The zero-order chi connectivity index (χ0) is 12.1. The Morgan fingerprint density at radius 3 is 2.88 bits per heavy atom. The first kappa shape index (κ1) is 12.3. The first-order chi connectivity index (χ1) is 8.31. The van der Waals surface area contributed by atoms with Gasteiger partial charge in [-0.2, -0.15) is 11.3 Å². The molecule has 0 aliphatic heterocycles. The highest BCUT2D eigenvalue weighted by molar-refractivity contribution is 7.08. The molecular formula is C14H18N2S. The van der Waals surface area contributed by atoms with Gasteiger partial charge in [-0.05, 0) is 53.4 Å². The maximum Gasteiger partial charge on any atom is 0.0372 e. The summed E-state index contributed by atoms with van der Waals surface area (Å²) in [6, 6.07) is 4.54. The zero-order valence-corrected chi connectivity index (χ0v) is 11.1. The SMILES string of the molecule is CCNC(Cc1cccnc1)c1cscc1C. The molecule has 2 nitrogen and oxygen atoms in total. The number of pyridine rings is 1. The summed E-state index contributed by atoms with van der Waals surface area (Å²) in [6.45, 7) is 5.32. The number of thiophene rings is 1. The summed E-state index contributed by atoms with van der Waals surface area (Å²) in [6.07, 6.45) is 4.77. The van der Waals surface area contributed by atoms with E-state index in [0.717, 1.165) is 13.0 Å². The average Bonchev–Trinajstić information content (AvgIpc) is 2.76. The van der Waals surface area contributed by atoms with E-state index in [0.29, 0.717) is 6.04 Å². The molecule has 2 aromatic rings. The number of aryl methyl sites for hydroxylation is 1. The van der Waals surface area contributed by atoms with Gasteiger partial charge < -0.3 is 5.32 Å². The molecule has 17 heavy (non-hydrogen) atoms. The van der Waals surface area contributed by atoms with Crippen molar-refractivity contribution in [2.75, 3.05) is 6.54 Å². The van der Waals surface area contributed by atoms with E-state index in [1.807, 2.05) is 18.5 Å². The van der Waals surface area contributed by atoms with E-state index in [1.54, 1.807) is 11.3 Å². The van der Waals surface area contributed by atoms with E-state index < -0.39 is 0 Å². The highest BCUT2D eigenvalue weighted by atomic mass is 32.1. The van der Waals surface area contributed by atoms with Crippen molar-refractivity contribution in [2.45, 2.75) is 26.3 Å². The fraction of sp³-hybridized carbons (Fsp3) is 0.357. The molecule has 2 heterocycles. The smallest absolute Gasteiger partial charge is 0.0372 e. The van der Waals surface area contributed by atoms with Crippen LogP contribution in [0.5, 0.6) is 0 Å². The molecule has 1 atom stereocenters. The number of nitrogens with zero attached hydrogens (tertiary/aromatic N) is 1. The molecule has 90 valence electrons. The Kier molecular flexibility index (Phi) is 4.29. The van der Waals surface area contributed by atoms with Gasteiger partial charge in [-0.25, -0.2) is 0 Å². The van der Waals surface area contributed by atoms with Crippen molar-refractivity contribution < 1.29 is 0 Å². The first-order valence-electron chi connectivity index (χ1n) is 5.96. The minimum Gasteiger partial charge on any atom is -0.310 e. The van der Waals surface area contributed by atoms with Crippen LogP contribution in [-0.2, 0) is 6.42 Å². The molecule has 0 aliphatic carbocycles. The Bertz CT molecular complexity index is 450. The molecule has 2 aromatic heterocycles. The van der Waals surface area contributed by atoms with Gasteiger partial charge in [-0.3, -0.25) is 4.98 Å². The average molecular weight is 246 g/mol. The van der Waals surface area contributed by atoms with Crippen LogP contribution in [0.4, 0.5) is 0 Å².